The Morgan fingerprint density at radius 1 is 1.21 bits per heavy atom. The SMILES string of the molecule is C=C/C=C\C=C(/C)C1CCN(C(=C)NCc2ccc(SCC)cc2)CC1c1cn(C(C)C)nc1C(C)(C)C. The number of rotatable bonds is 11. The maximum atomic E-state index is 5.10. The maximum absolute atomic E-state index is 5.10. The van der Waals surface area contributed by atoms with Crippen molar-refractivity contribution in [2.24, 2.45) is 5.92 Å². The number of aromatic nitrogens is 2. The molecule has 1 aromatic heterocycles. The summed E-state index contributed by atoms with van der Waals surface area (Å²) in [6.45, 7) is 26.7. The van der Waals surface area contributed by atoms with Crippen molar-refractivity contribution in [1.29, 1.82) is 0 Å². The fraction of sp³-hybridized carbons (Fsp3) is 0.485. The zero-order valence-electron chi connectivity index (χ0n) is 24.6. The van der Waals surface area contributed by atoms with Gasteiger partial charge in [0.1, 0.15) is 0 Å². The van der Waals surface area contributed by atoms with Gasteiger partial charge in [-0.3, -0.25) is 4.68 Å². The van der Waals surface area contributed by atoms with Crippen LogP contribution < -0.4 is 5.32 Å². The van der Waals surface area contributed by atoms with Gasteiger partial charge in [0, 0.05) is 48.1 Å². The summed E-state index contributed by atoms with van der Waals surface area (Å²) in [5, 5.41) is 8.72. The largest absolute Gasteiger partial charge is 0.368 e. The van der Waals surface area contributed by atoms with Crippen LogP contribution in [-0.2, 0) is 12.0 Å². The number of nitrogens with zero attached hydrogens (tertiary/aromatic N) is 3. The van der Waals surface area contributed by atoms with E-state index in [1.54, 1.807) is 0 Å². The van der Waals surface area contributed by atoms with Gasteiger partial charge in [-0.2, -0.15) is 5.10 Å². The molecule has 0 radical (unpaired) electrons. The lowest BCUT2D eigenvalue weighted by molar-refractivity contribution is 0.203. The van der Waals surface area contributed by atoms with Gasteiger partial charge in [0.15, 0.2) is 0 Å². The third kappa shape index (κ3) is 7.69. The number of piperidine rings is 1. The zero-order valence-corrected chi connectivity index (χ0v) is 25.4. The van der Waals surface area contributed by atoms with Gasteiger partial charge in [0.05, 0.1) is 11.5 Å². The molecule has 0 bridgehead atoms. The van der Waals surface area contributed by atoms with E-state index in [0.29, 0.717) is 17.9 Å². The molecular weight excluding hydrogens is 484 g/mol. The number of hydrogen-bond acceptors (Lipinski definition) is 4. The van der Waals surface area contributed by atoms with Gasteiger partial charge in [0.25, 0.3) is 0 Å². The van der Waals surface area contributed by atoms with Crippen molar-refractivity contribution in [2.75, 3.05) is 18.8 Å². The molecule has 0 amide bonds. The topological polar surface area (TPSA) is 33.1 Å². The van der Waals surface area contributed by atoms with Crippen molar-refractivity contribution in [1.82, 2.24) is 20.0 Å². The molecule has 4 nitrogen and oxygen atoms in total. The number of nitrogens with one attached hydrogen (secondary N) is 1. The monoisotopic (exact) mass is 532 g/mol. The predicted molar refractivity (Wildman–Crippen MR) is 166 cm³/mol. The lowest BCUT2D eigenvalue weighted by atomic mass is 9.74. The minimum atomic E-state index is -0.0276. The highest BCUT2D eigenvalue weighted by Gasteiger charge is 2.36. The molecule has 0 spiro atoms. The lowest BCUT2D eigenvalue weighted by Crippen LogP contribution is -2.42. The van der Waals surface area contributed by atoms with Crippen LogP contribution in [0.5, 0.6) is 0 Å². The molecule has 1 aliphatic rings. The molecule has 0 aliphatic carbocycles. The first kappa shape index (κ1) is 29.9. The second-order valence-corrected chi connectivity index (χ2v) is 13.0. The molecule has 0 saturated carbocycles. The second kappa shape index (κ2) is 13.4. The molecule has 38 heavy (non-hydrogen) atoms. The fourth-order valence-electron chi connectivity index (χ4n) is 5.18. The number of benzene rings is 1. The molecule has 206 valence electrons. The van der Waals surface area contributed by atoms with Crippen molar-refractivity contribution in [3.05, 3.63) is 96.1 Å². The van der Waals surface area contributed by atoms with Gasteiger partial charge in [0.2, 0.25) is 0 Å². The lowest BCUT2D eigenvalue weighted by Gasteiger charge is -2.42. The Morgan fingerprint density at radius 3 is 2.53 bits per heavy atom. The Labute approximate surface area is 236 Å². The standard InChI is InChI=1S/C33H48N4S/c1-10-12-13-14-25(5)29-19-20-36(26(6)34-21-27-15-17-28(18-16-27)38-11-2)22-30(29)31-23-37(24(3)4)35-32(31)33(7,8)9/h10,12-18,23-24,29-30,34H,1,6,11,19-22H2,2-5,7-9H3/b13-12-,25-14+. The van der Waals surface area contributed by atoms with Crippen molar-refractivity contribution in [2.45, 2.75) is 83.7 Å². The summed E-state index contributed by atoms with van der Waals surface area (Å²) in [6.07, 6.45) is 11.6. The van der Waals surface area contributed by atoms with E-state index in [1.807, 2.05) is 23.9 Å². The summed E-state index contributed by atoms with van der Waals surface area (Å²) < 4.78 is 2.15. The summed E-state index contributed by atoms with van der Waals surface area (Å²) in [4.78, 5) is 3.76. The average Bonchev–Trinajstić information content (AvgIpc) is 3.35. The van der Waals surface area contributed by atoms with E-state index >= 15 is 0 Å². The molecule has 1 fully saturated rings. The summed E-state index contributed by atoms with van der Waals surface area (Å²) in [5.41, 5.74) is 5.24. The summed E-state index contributed by atoms with van der Waals surface area (Å²) in [7, 11) is 0. The first-order valence-corrected chi connectivity index (χ1v) is 15.0. The van der Waals surface area contributed by atoms with Crippen LogP contribution in [0, 0.1) is 5.92 Å². The summed E-state index contributed by atoms with van der Waals surface area (Å²) in [6, 6.07) is 9.19. The van der Waals surface area contributed by atoms with E-state index in [1.165, 1.54) is 27.3 Å². The minimum absolute atomic E-state index is 0.0276. The molecule has 2 unspecified atom stereocenters. The zero-order chi connectivity index (χ0) is 27.9. The van der Waals surface area contributed by atoms with Gasteiger partial charge < -0.3 is 10.2 Å². The Hall–Kier alpha value is -2.66. The quantitative estimate of drug-likeness (QED) is 0.233. The van der Waals surface area contributed by atoms with E-state index in [4.69, 9.17) is 5.10 Å². The highest BCUT2D eigenvalue weighted by Crippen LogP contribution is 2.41. The van der Waals surface area contributed by atoms with E-state index in [0.717, 1.165) is 37.6 Å². The number of thioether (sulfide) groups is 1. The van der Waals surface area contributed by atoms with E-state index in [-0.39, 0.29) is 5.41 Å². The summed E-state index contributed by atoms with van der Waals surface area (Å²) >= 11 is 1.88. The number of hydrogen-bond donors (Lipinski definition) is 1. The third-order valence-electron chi connectivity index (χ3n) is 7.32. The van der Waals surface area contributed by atoms with E-state index in [9.17, 15) is 0 Å². The van der Waals surface area contributed by atoms with Crippen molar-refractivity contribution < 1.29 is 0 Å². The highest BCUT2D eigenvalue weighted by atomic mass is 32.2. The van der Waals surface area contributed by atoms with Gasteiger partial charge in [-0.1, -0.05) is 82.9 Å². The smallest absolute Gasteiger partial charge is 0.0941 e. The van der Waals surface area contributed by atoms with Crippen LogP contribution in [0.1, 0.15) is 83.7 Å². The minimum Gasteiger partial charge on any atom is -0.368 e. The van der Waals surface area contributed by atoms with Crippen molar-refractivity contribution in [3.8, 4) is 0 Å². The molecule has 1 saturated heterocycles. The molecule has 2 atom stereocenters. The van der Waals surface area contributed by atoms with E-state index in [2.05, 4.69) is 119 Å². The Bertz CT molecular complexity index is 1130. The normalized spacial score (nSPS) is 18.8. The first-order valence-electron chi connectivity index (χ1n) is 14.0. The number of allylic oxidation sites excluding steroid dienone is 5. The molecule has 3 rings (SSSR count). The van der Waals surface area contributed by atoms with Gasteiger partial charge >= 0.3 is 0 Å². The number of likely N-dealkylation sites (tertiary alicyclic amines) is 1. The Kier molecular flexibility index (Phi) is 10.6. The molecule has 2 aromatic rings. The van der Waals surface area contributed by atoms with Crippen LogP contribution in [0.4, 0.5) is 0 Å². The average molecular weight is 533 g/mol. The van der Waals surface area contributed by atoms with Crippen LogP contribution in [0.2, 0.25) is 0 Å². The van der Waals surface area contributed by atoms with Crippen LogP contribution in [0.25, 0.3) is 0 Å². The second-order valence-electron chi connectivity index (χ2n) is 11.6. The molecular formula is C33H48N4S. The van der Waals surface area contributed by atoms with Gasteiger partial charge in [-0.05, 0) is 62.1 Å². The van der Waals surface area contributed by atoms with Crippen LogP contribution >= 0.6 is 11.8 Å². The Balaban J connectivity index is 1.86. The molecule has 2 heterocycles. The van der Waals surface area contributed by atoms with Crippen LogP contribution in [-0.4, -0.2) is 33.5 Å². The van der Waals surface area contributed by atoms with Crippen molar-refractivity contribution >= 4 is 11.8 Å². The van der Waals surface area contributed by atoms with E-state index < -0.39 is 0 Å². The fourth-order valence-corrected chi connectivity index (χ4v) is 5.84. The molecule has 1 N–H and O–H groups in total. The van der Waals surface area contributed by atoms with Crippen molar-refractivity contribution in [3.63, 3.8) is 0 Å². The summed E-state index contributed by atoms with van der Waals surface area (Å²) in [5.74, 6) is 2.88. The first-order chi connectivity index (χ1) is 18.0. The predicted octanol–water partition coefficient (Wildman–Crippen LogP) is 8.23. The van der Waals surface area contributed by atoms with Gasteiger partial charge in [-0.25, -0.2) is 0 Å². The molecule has 5 heteroatoms. The molecule has 1 aliphatic heterocycles. The Morgan fingerprint density at radius 2 is 1.92 bits per heavy atom. The molecule has 1 aromatic carbocycles. The third-order valence-corrected chi connectivity index (χ3v) is 8.21. The highest BCUT2D eigenvalue weighted by molar-refractivity contribution is 7.99. The van der Waals surface area contributed by atoms with Gasteiger partial charge in [-0.15, -0.1) is 11.8 Å². The maximum Gasteiger partial charge on any atom is 0.0941 e. The van der Waals surface area contributed by atoms with Crippen LogP contribution in [0.15, 0.2) is 84.2 Å². The van der Waals surface area contributed by atoms with Crippen LogP contribution in [0.3, 0.4) is 0 Å².